The number of ether oxygens (including phenoxy) is 1. The van der Waals surface area contributed by atoms with Crippen LogP contribution < -0.4 is 10.1 Å². The molecular formula is C22H21FN4O2S. The molecule has 6 nitrogen and oxygen atoms in total. The number of carbonyl (C=O) groups is 1. The van der Waals surface area contributed by atoms with Crippen molar-refractivity contribution in [2.75, 3.05) is 6.54 Å². The van der Waals surface area contributed by atoms with E-state index in [1.807, 2.05) is 47.9 Å². The summed E-state index contributed by atoms with van der Waals surface area (Å²) in [7, 11) is 0. The molecule has 4 aromatic rings. The van der Waals surface area contributed by atoms with Crippen LogP contribution in [0.5, 0.6) is 5.75 Å². The van der Waals surface area contributed by atoms with E-state index in [2.05, 4.69) is 15.5 Å². The molecule has 2 aromatic heterocycles. The number of amides is 1. The monoisotopic (exact) mass is 424 g/mol. The lowest BCUT2D eigenvalue weighted by Gasteiger charge is -2.09. The quantitative estimate of drug-likeness (QED) is 0.460. The van der Waals surface area contributed by atoms with Gasteiger partial charge in [0.05, 0.1) is 4.88 Å². The zero-order chi connectivity index (χ0) is 20.9. The normalized spacial score (nSPS) is 11.0. The molecule has 0 radical (unpaired) electrons. The van der Waals surface area contributed by atoms with Gasteiger partial charge in [-0.05, 0) is 31.2 Å². The molecule has 2 aromatic carbocycles. The van der Waals surface area contributed by atoms with Gasteiger partial charge in [0.25, 0.3) is 5.91 Å². The molecule has 8 heteroatoms. The van der Waals surface area contributed by atoms with Crippen LogP contribution in [0.2, 0.25) is 0 Å². The summed E-state index contributed by atoms with van der Waals surface area (Å²) in [5.74, 6) is 0.876. The summed E-state index contributed by atoms with van der Waals surface area (Å²) < 4.78 is 23.1. The van der Waals surface area contributed by atoms with Crippen LogP contribution in [0.3, 0.4) is 0 Å². The molecule has 0 atom stereocenters. The van der Waals surface area contributed by atoms with Crippen molar-refractivity contribution in [3.8, 4) is 5.75 Å². The van der Waals surface area contributed by atoms with Crippen LogP contribution in [0.1, 0.15) is 28.0 Å². The van der Waals surface area contributed by atoms with Crippen molar-refractivity contribution in [3.05, 3.63) is 76.9 Å². The topological polar surface area (TPSA) is 69.0 Å². The van der Waals surface area contributed by atoms with E-state index < -0.39 is 0 Å². The van der Waals surface area contributed by atoms with E-state index in [0.29, 0.717) is 34.5 Å². The molecule has 0 aliphatic heterocycles. The number of thiophene rings is 1. The van der Waals surface area contributed by atoms with Crippen LogP contribution in [0.25, 0.3) is 10.1 Å². The highest BCUT2D eigenvalue weighted by Gasteiger charge is 2.21. The van der Waals surface area contributed by atoms with E-state index in [-0.39, 0.29) is 18.3 Å². The van der Waals surface area contributed by atoms with Crippen molar-refractivity contribution in [1.82, 2.24) is 20.1 Å². The minimum absolute atomic E-state index is 0.109. The number of para-hydroxylation sites is 1. The molecule has 0 spiro atoms. The van der Waals surface area contributed by atoms with Gasteiger partial charge in [-0.1, -0.05) is 24.3 Å². The van der Waals surface area contributed by atoms with Crippen LogP contribution in [0.4, 0.5) is 4.39 Å². The number of nitrogens with zero attached hydrogens (tertiary/aromatic N) is 3. The van der Waals surface area contributed by atoms with Gasteiger partial charge in [0, 0.05) is 35.2 Å². The van der Waals surface area contributed by atoms with Gasteiger partial charge in [0.15, 0.2) is 0 Å². The molecule has 1 amide bonds. The van der Waals surface area contributed by atoms with Crippen molar-refractivity contribution in [2.45, 2.75) is 26.5 Å². The highest BCUT2D eigenvalue weighted by atomic mass is 32.1. The molecule has 0 saturated carbocycles. The molecular weight excluding hydrogens is 403 g/mol. The summed E-state index contributed by atoms with van der Waals surface area (Å²) in [5, 5.41) is 11.3. The lowest BCUT2D eigenvalue weighted by molar-refractivity contribution is 0.0956. The highest BCUT2D eigenvalue weighted by molar-refractivity contribution is 7.21. The Balaban J connectivity index is 1.54. The third-order valence-corrected chi connectivity index (χ3v) is 5.96. The third kappa shape index (κ3) is 4.18. The van der Waals surface area contributed by atoms with Crippen molar-refractivity contribution in [1.29, 1.82) is 0 Å². The van der Waals surface area contributed by atoms with Crippen LogP contribution in [-0.2, 0) is 19.6 Å². The third-order valence-electron chi connectivity index (χ3n) is 4.77. The molecule has 0 unspecified atom stereocenters. The van der Waals surface area contributed by atoms with Gasteiger partial charge in [0.1, 0.15) is 30.3 Å². The number of halogens is 1. The molecule has 0 saturated heterocycles. The SMILES string of the molecule is CCn1cnnc1CCNC(=O)c1sc2cccc(F)c2c1COc1ccccc1. The Labute approximate surface area is 177 Å². The van der Waals surface area contributed by atoms with Crippen molar-refractivity contribution < 1.29 is 13.9 Å². The Morgan fingerprint density at radius 2 is 2.03 bits per heavy atom. The first-order valence-electron chi connectivity index (χ1n) is 9.70. The van der Waals surface area contributed by atoms with Crippen LogP contribution in [0, 0.1) is 5.82 Å². The first-order chi connectivity index (χ1) is 14.7. The zero-order valence-electron chi connectivity index (χ0n) is 16.5. The maximum Gasteiger partial charge on any atom is 0.261 e. The zero-order valence-corrected chi connectivity index (χ0v) is 17.3. The molecule has 30 heavy (non-hydrogen) atoms. The molecule has 0 fully saturated rings. The summed E-state index contributed by atoms with van der Waals surface area (Å²) in [6.45, 7) is 3.30. The molecule has 2 heterocycles. The first-order valence-corrected chi connectivity index (χ1v) is 10.5. The van der Waals surface area contributed by atoms with Gasteiger partial charge < -0.3 is 14.6 Å². The van der Waals surface area contributed by atoms with Crippen molar-refractivity contribution >= 4 is 27.3 Å². The van der Waals surface area contributed by atoms with E-state index in [9.17, 15) is 9.18 Å². The predicted molar refractivity (Wildman–Crippen MR) is 114 cm³/mol. The fourth-order valence-electron chi connectivity index (χ4n) is 3.27. The van der Waals surface area contributed by atoms with Crippen LogP contribution >= 0.6 is 11.3 Å². The first kappa shape index (κ1) is 20.0. The molecule has 0 aliphatic rings. The van der Waals surface area contributed by atoms with Crippen molar-refractivity contribution in [2.24, 2.45) is 0 Å². The van der Waals surface area contributed by atoms with E-state index in [1.54, 1.807) is 12.4 Å². The average Bonchev–Trinajstić information content (AvgIpc) is 3.37. The van der Waals surface area contributed by atoms with E-state index in [4.69, 9.17) is 4.74 Å². The Bertz CT molecular complexity index is 1160. The lowest BCUT2D eigenvalue weighted by Crippen LogP contribution is -2.26. The van der Waals surface area contributed by atoms with Gasteiger partial charge >= 0.3 is 0 Å². The maximum absolute atomic E-state index is 14.6. The largest absolute Gasteiger partial charge is 0.489 e. The molecule has 154 valence electrons. The van der Waals surface area contributed by atoms with Gasteiger partial charge in [-0.15, -0.1) is 21.5 Å². The molecule has 0 bridgehead atoms. The number of aryl methyl sites for hydroxylation is 1. The summed E-state index contributed by atoms with van der Waals surface area (Å²) in [6.07, 6.45) is 2.24. The highest BCUT2D eigenvalue weighted by Crippen LogP contribution is 2.34. The number of rotatable bonds is 8. The van der Waals surface area contributed by atoms with Crippen LogP contribution in [0.15, 0.2) is 54.9 Å². The Morgan fingerprint density at radius 3 is 2.83 bits per heavy atom. The van der Waals surface area contributed by atoms with Crippen molar-refractivity contribution in [3.63, 3.8) is 0 Å². The maximum atomic E-state index is 14.6. The van der Waals surface area contributed by atoms with E-state index in [1.165, 1.54) is 17.4 Å². The number of fused-ring (bicyclic) bond motifs is 1. The molecule has 0 aliphatic carbocycles. The number of nitrogens with one attached hydrogen (secondary N) is 1. The average molecular weight is 425 g/mol. The predicted octanol–water partition coefficient (Wildman–Crippen LogP) is 4.20. The summed E-state index contributed by atoms with van der Waals surface area (Å²) >= 11 is 1.27. The van der Waals surface area contributed by atoms with Crippen LogP contribution in [-0.4, -0.2) is 27.2 Å². The summed E-state index contributed by atoms with van der Waals surface area (Å²) in [4.78, 5) is 13.4. The number of hydrogen-bond acceptors (Lipinski definition) is 5. The summed E-state index contributed by atoms with van der Waals surface area (Å²) in [5.41, 5.74) is 0.561. The molecule has 4 rings (SSSR count). The molecule has 1 N–H and O–H groups in total. The Kier molecular flexibility index (Phi) is 6.04. The second-order valence-electron chi connectivity index (χ2n) is 6.66. The minimum atomic E-state index is -0.356. The fraction of sp³-hybridized carbons (Fsp3) is 0.227. The number of benzene rings is 2. The Hall–Kier alpha value is -3.26. The Morgan fingerprint density at radius 1 is 1.20 bits per heavy atom. The number of aromatic nitrogens is 3. The van der Waals surface area contributed by atoms with Gasteiger partial charge in [-0.25, -0.2) is 4.39 Å². The second-order valence-corrected chi connectivity index (χ2v) is 7.72. The van der Waals surface area contributed by atoms with Gasteiger partial charge in [-0.3, -0.25) is 4.79 Å². The fourth-order valence-corrected chi connectivity index (χ4v) is 4.40. The van der Waals surface area contributed by atoms with E-state index in [0.717, 1.165) is 17.1 Å². The van der Waals surface area contributed by atoms with Gasteiger partial charge in [-0.2, -0.15) is 0 Å². The van der Waals surface area contributed by atoms with Gasteiger partial charge in [0.2, 0.25) is 0 Å². The summed E-state index contributed by atoms with van der Waals surface area (Å²) in [6, 6.07) is 14.1. The standard InChI is InChI=1S/C22H21FN4O2S/c1-2-27-14-25-26-19(27)11-12-24-22(28)21-16(13-29-15-7-4-3-5-8-15)20-17(23)9-6-10-18(20)30-21/h3-10,14H,2,11-13H2,1H3,(H,24,28). The number of carbonyl (C=O) groups excluding carboxylic acids is 1. The second kappa shape index (κ2) is 9.04. The minimum Gasteiger partial charge on any atom is -0.489 e. The smallest absolute Gasteiger partial charge is 0.261 e. The lowest BCUT2D eigenvalue weighted by atomic mass is 10.1. The van der Waals surface area contributed by atoms with E-state index >= 15 is 0 Å². The number of hydrogen-bond donors (Lipinski definition) is 1.